The van der Waals surface area contributed by atoms with Crippen molar-refractivity contribution < 1.29 is 31.1 Å². The molecule has 12 heteroatoms. The zero-order chi connectivity index (χ0) is 23.8. The molecule has 1 aliphatic heterocycles. The number of halogens is 3. The zero-order valence-electron chi connectivity index (χ0n) is 18.1. The molecule has 1 aromatic heterocycles. The van der Waals surface area contributed by atoms with E-state index in [1.807, 2.05) is 0 Å². The Morgan fingerprint density at radius 2 is 1.81 bits per heavy atom. The number of ether oxygens (including phenoxy) is 1. The molecule has 1 fully saturated rings. The molecule has 32 heavy (non-hydrogen) atoms. The van der Waals surface area contributed by atoms with Gasteiger partial charge in [-0.1, -0.05) is 11.3 Å². The Labute approximate surface area is 188 Å². The standard InChI is InChI=1S/C20H24F3N3O4S2/c1-12(2)30-16-6-5-14(32(4,28)29)11-15(16)18(27)25-7-9-26(10-8-25)19-24-13(3)17(31-19)20(21,22)23/h5-6,11-12H,7-10H2,1-4H3. The Morgan fingerprint density at radius 1 is 1.19 bits per heavy atom. The number of piperazine rings is 1. The van der Waals surface area contributed by atoms with Gasteiger partial charge in [0.2, 0.25) is 0 Å². The highest BCUT2D eigenvalue weighted by atomic mass is 32.2. The van der Waals surface area contributed by atoms with Crippen molar-refractivity contribution in [3.63, 3.8) is 0 Å². The molecule has 0 N–H and O–H groups in total. The lowest BCUT2D eigenvalue weighted by molar-refractivity contribution is -0.134. The molecule has 176 valence electrons. The third kappa shape index (κ3) is 5.34. The molecule has 0 bridgehead atoms. The number of carbonyl (C=O) groups excluding carboxylic acids is 1. The van der Waals surface area contributed by atoms with Crippen LogP contribution in [-0.2, 0) is 16.0 Å². The number of carbonyl (C=O) groups is 1. The lowest BCUT2D eigenvalue weighted by atomic mass is 10.1. The van der Waals surface area contributed by atoms with Crippen molar-refractivity contribution in [3.05, 3.63) is 34.3 Å². The number of hydrogen-bond acceptors (Lipinski definition) is 7. The van der Waals surface area contributed by atoms with Crippen LogP contribution >= 0.6 is 11.3 Å². The molecule has 2 heterocycles. The summed E-state index contributed by atoms with van der Waals surface area (Å²) in [6.45, 7) is 6.04. The van der Waals surface area contributed by atoms with Crippen molar-refractivity contribution in [1.82, 2.24) is 9.88 Å². The van der Waals surface area contributed by atoms with E-state index in [2.05, 4.69) is 4.98 Å². The molecular weight excluding hydrogens is 467 g/mol. The van der Waals surface area contributed by atoms with E-state index in [-0.39, 0.29) is 46.2 Å². The molecule has 1 aromatic carbocycles. The monoisotopic (exact) mass is 491 g/mol. The van der Waals surface area contributed by atoms with E-state index in [0.717, 1.165) is 6.26 Å². The van der Waals surface area contributed by atoms with Crippen LogP contribution in [0.1, 0.15) is 34.8 Å². The van der Waals surface area contributed by atoms with Gasteiger partial charge < -0.3 is 14.5 Å². The average Bonchev–Trinajstić information content (AvgIpc) is 3.09. The normalized spacial score (nSPS) is 15.4. The second kappa shape index (κ2) is 8.89. The van der Waals surface area contributed by atoms with Crippen molar-refractivity contribution in [3.8, 4) is 5.75 Å². The summed E-state index contributed by atoms with van der Waals surface area (Å²) in [6, 6.07) is 4.17. The molecule has 0 unspecified atom stereocenters. The van der Waals surface area contributed by atoms with Crippen LogP contribution in [-0.4, -0.2) is 62.7 Å². The fourth-order valence-corrected chi connectivity index (χ4v) is 4.95. The maximum atomic E-state index is 13.2. The summed E-state index contributed by atoms with van der Waals surface area (Å²) in [4.78, 5) is 19.8. The highest BCUT2D eigenvalue weighted by molar-refractivity contribution is 7.90. The van der Waals surface area contributed by atoms with Gasteiger partial charge >= 0.3 is 6.18 Å². The number of aryl methyl sites for hydroxylation is 1. The van der Waals surface area contributed by atoms with Crippen molar-refractivity contribution in [1.29, 1.82) is 0 Å². The van der Waals surface area contributed by atoms with Gasteiger partial charge in [0.05, 0.1) is 22.3 Å². The molecule has 2 aromatic rings. The third-order valence-corrected chi connectivity index (χ3v) is 7.23. The Bertz CT molecular complexity index is 1110. The Kier molecular flexibility index (Phi) is 6.75. The predicted octanol–water partition coefficient (Wildman–Crippen LogP) is 3.62. The van der Waals surface area contributed by atoms with Gasteiger partial charge in [-0.15, -0.1) is 0 Å². The summed E-state index contributed by atoms with van der Waals surface area (Å²) >= 11 is 0.593. The van der Waals surface area contributed by atoms with E-state index in [1.165, 1.54) is 30.0 Å². The summed E-state index contributed by atoms with van der Waals surface area (Å²) in [5.74, 6) is -0.109. The van der Waals surface area contributed by atoms with Crippen molar-refractivity contribution >= 4 is 32.2 Å². The molecule has 1 aliphatic rings. The minimum absolute atomic E-state index is 0.00790. The molecular formula is C20H24F3N3O4S2. The van der Waals surface area contributed by atoms with E-state index in [0.29, 0.717) is 24.4 Å². The largest absolute Gasteiger partial charge is 0.490 e. The number of rotatable bonds is 5. The van der Waals surface area contributed by atoms with Crippen LogP contribution < -0.4 is 9.64 Å². The Morgan fingerprint density at radius 3 is 2.31 bits per heavy atom. The van der Waals surface area contributed by atoms with Gasteiger partial charge in [-0.05, 0) is 39.0 Å². The summed E-state index contributed by atoms with van der Waals surface area (Å²) in [5.41, 5.74) is 0.0728. The molecule has 0 atom stereocenters. The van der Waals surface area contributed by atoms with E-state index in [9.17, 15) is 26.4 Å². The minimum Gasteiger partial charge on any atom is -0.490 e. The topological polar surface area (TPSA) is 79.8 Å². The first-order valence-electron chi connectivity index (χ1n) is 9.87. The van der Waals surface area contributed by atoms with Gasteiger partial charge in [-0.2, -0.15) is 13.2 Å². The first-order valence-corrected chi connectivity index (χ1v) is 12.6. The van der Waals surface area contributed by atoms with E-state index in [4.69, 9.17) is 4.74 Å². The van der Waals surface area contributed by atoms with Crippen LogP contribution in [0.25, 0.3) is 0 Å². The van der Waals surface area contributed by atoms with Gasteiger partial charge in [-0.25, -0.2) is 13.4 Å². The number of hydrogen-bond donors (Lipinski definition) is 0. The number of alkyl halides is 3. The summed E-state index contributed by atoms with van der Waals surface area (Å²) in [5, 5.41) is 0.268. The van der Waals surface area contributed by atoms with E-state index >= 15 is 0 Å². The van der Waals surface area contributed by atoms with Gasteiger partial charge in [0.25, 0.3) is 5.91 Å². The number of thiazole rings is 1. The quantitative estimate of drug-likeness (QED) is 0.636. The van der Waals surface area contributed by atoms with Gasteiger partial charge in [0.1, 0.15) is 10.6 Å². The Hall–Kier alpha value is -2.34. The number of sulfone groups is 1. The molecule has 0 radical (unpaired) electrons. The highest BCUT2D eigenvalue weighted by Crippen LogP contribution is 2.39. The second-order valence-electron chi connectivity index (χ2n) is 7.78. The number of aromatic nitrogens is 1. The molecule has 1 saturated heterocycles. The van der Waals surface area contributed by atoms with Crippen LogP contribution in [0, 0.1) is 6.92 Å². The number of benzene rings is 1. The first-order chi connectivity index (χ1) is 14.8. The predicted molar refractivity (Wildman–Crippen MR) is 115 cm³/mol. The highest BCUT2D eigenvalue weighted by Gasteiger charge is 2.37. The molecule has 3 rings (SSSR count). The van der Waals surface area contributed by atoms with Crippen molar-refractivity contribution in [2.75, 3.05) is 37.3 Å². The number of amides is 1. The van der Waals surface area contributed by atoms with Crippen molar-refractivity contribution in [2.24, 2.45) is 0 Å². The van der Waals surface area contributed by atoms with Crippen LogP contribution in [0.2, 0.25) is 0 Å². The van der Waals surface area contributed by atoms with Gasteiger partial charge in [-0.3, -0.25) is 4.79 Å². The fourth-order valence-electron chi connectivity index (χ4n) is 3.32. The van der Waals surface area contributed by atoms with Crippen LogP contribution in [0.15, 0.2) is 23.1 Å². The van der Waals surface area contributed by atoms with Gasteiger partial charge in [0.15, 0.2) is 15.0 Å². The molecule has 1 amide bonds. The van der Waals surface area contributed by atoms with Crippen LogP contribution in [0.3, 0.4) is 0 Å². The SMILES string of the molecule is Cc1nc(N2CCN(C(=O)c3cc(S(C)(=O)=O)ccc3OC(C)C)CC2)sc1C(F)(F)F. The lowest BCUT2D eigenvalue weighted by Gasteiger charge is -2.35. The molecule has 7 nitrogen and oxygen atoms in total. The van der Waals surface area contributed by atoms with Crippen LogP contribution in [0.5, 0.6) is 5.75 Å². The molecule has 0 spiro atoms. The third-order valence-electron chi connectivity index (χ3n) is 4.85. The van der Waals surface area contributed by atoms with Crippen molar-refractivity contribution in [2.45, 2.75) is 37.9 Å². The van der Waals surface area contributed by atoms with Crippen LogP contribution in [0.4, 0.5) is 18.3 Å². The smallest absolute Gasteiger partial charge is 0.427 e. The number of nitrogens with zero attached hydrogens (tertiary/aromatic N) is 3. The molecule has 0 saturated carbocycles. The summed E-state index contributed by atoms with van der Waals surface area (Å²) in [7, 11) is -3.53. The van der Waals surface area contributed by atoms with E-state index < -0.39 is 26.8 Å². The summed E-state index contributed by atoms with van der Waals surface area (Å²) in [6.07, 6.45) is -3.61. The van der Waals surface area contributed by atoms with Gasteiger partial charge in [0, 0.05) is 32.4 Å². The summed E-state index contributed by atoms with van der Waals surface area (Å²) < 4.78 is 68.8. The fraction of sp³-hybridized carbons (Fsp3) is 0.500. The minimum atomic E-state index is -4.45. The maximum absolute atomic E-state index is 13.2. The first kappa shape index (κ1) is 24.3. The number of anilines is 1. The zero-order valence-corrected chi connectivity index (χ0v) is 19.7. The second-order valence-corrected chi connectivity index (χ2v) is 10.8. The molecule has 0 aliphatic carbocycles. The maximum Gasteiger partial charge on any atom is 0.427 e. The lowest BCUT2D eigenvalue weighted by Crippen LogP contribution is -2.48. The average molecular weight is 492 g/mol. The Balaban J connectivity index is 1.79. The van der Waals surface area contributed by atoms with E-state index in [1.54, 1.807) is 18.7 Å².